The topological polar surface area (TPSA) is 75.2 Å². The summed E-state index contributed by atoms with van der Waals surface area (Å²) < 4.78 is 11.0. The molecule has 1 aromatic carbocycles. The number of piperazine rings is 1. The maximum Gasteiger partial charge on any atom is 0.410 e. The minimum absolute atomic E-state index is 0.264. The number of carbonyl (C=O) groups excluding carboxylic acids is 2. The average molecular weight is 453 g/mol. The number of nitrogens with zero attached hydrogens (tertiary/aromatic N) is 4. The number of fused-ring (bicyclic) bond motifs is 1. The fourth-order valence-electron chi connectivity index (χ4n) is 3.99. The lowest BCUT2D eigenvalue weighted by Gasteiger charge is -2.36. The Morgan fingerprint density at radius 2 is 1.64 bits per heavy atom. The third kappa shape index (κ3) is 5.94. The van der Waals surface area contributed by atoms with Gasteiger partial charge < -0.3 is 24.2 Å². The minimum atomic E-state index is -0.490. The van der Waals surface area contributed by atoms with Crippen LogP contribution in [0.25, 0.3) is 0 Å². The molecule has 8 nitrogen and oxygen atoms in total. The molecule has 4 rings (SSSR count). The molecule has 0 radical (unpaired) electrons. The van der Waals surface area contributed by atoms with Crippen molar-refractivity contribution in [2.75, 3.05) is 37.6 Å². The molecule has 2 aliphatic rings. The molecule has 0 unspecified atom stereocenters. The molecule has 1 aromatic heterocycles. The summed E-state index contributed by atoms with van der Waals surface area (Å²) in [5, 5.41) is 0. The molecule has 1 saturated heterocycles. The van der Waals surface area contributed by atoms with Gasteiger partial charge in [0.1, 0.15) is 18.0 Å². The van der Waals surface area contributed by atoms with Crippen molar-refractivity contribution in [2.45, 2.75) is 45.9 Å². The van der Waals surface area contributed by atoms with E-state index in [0.29, 0.717) is 45.7 Å². The van der Waals surface area contributed by atoms with Gasteiger partial charge in [0.05, 0.1) is 6.54 Å². The van der Waals surface area contributed by atoms with E-state index in [2.05, 4.69) is 11.0 Å². The molecule has 0 spiro atoms. The molecule has 8 heteroatoms. The number of hydrogen-bond acceptors (Lipinski definition) is 6. The van der Waals surface area contributed by atoms with Crippen LogP contribution >= 0.6 is 0 Å². The van der Waals surface area contributed by atoms with Crippen LogP contribution in [0.15, 0.2) is 42.5 Å². The Morgan fingerprint density at radius 3 is 2.33 bits per heavy atom. The standard InChI is InChI=1S/C25H32N4O4/c1-25(2,3)33-24(31)28-15-13-27(14-16-28)22-10-9-20-17-29(12-11-21(20)26-22)23(30)32-18-19-7-5-4-6-8-19/h4-10H,11-18H2,1-3H3. The predicted molar refractivity (Wildman–Crippen MR) is 125 cm³/mol. The van der Waals surface area contributed by atoms with Crippen LogP contribution in [0.2, 0.25) is 0 Å². The van der Waals surface area contributed by atoms with Crippen molar-refractivity contribution in [3.63, 3.8) is 0 Å². The Labute approximate surface area is 195 Å². The molecule has 0 saturated carbocycles. The molecular weight excluding hydrogens is 420 g/mol. The molecule has 2 aromatic rings. The lowest BCUT2D eigenvalue weighted by molar-refractivity contribution is 0.0240. The molecular formula is C25H32N4O4. The van der Waals surface area contributed by atoms with Crippen LogP contribution in [-0.2, 0) is 29.0 Å². The zero-order valence-corrected chi connectivity index (χ0v) is 19.6. The Morgan fingerprint density at radius 1 is 0.909 bits per heavy atom. The molecule has 176 valence electrons. The van der Waals surface area contributed by atoms with Crippen molar-refractivity contribution in [1.82, 2.24) is 14.8 Å². The van der Waals surface area contributed by atoms with E-state index in [4.69, 9.17) is 14.5 Å². The van der Waals surface area contributed by atoms with Crippen LogP contribution in [-0.4, -0.2) is 65.3 Å². The van der Waals surface area contributed by atoms with Gasteiger partial charge in [-0.3, -0.25) is 0 Å². The van der Waals surface area contributed by atoms with E-state index in [9.17, 15) is 9.59 Å². The number of aromatic nitrogens is 1. The van der Waals surface area contributed by atoms with Gasteiger partial charge in [-0.25, -0.2) is 14.6 Å². The Hall–Kier alpha value is -3.29. The van der Waals surface area contributed by atoms with Crippen molar-refractivity contribution >= 4 is 18.0 Å². The third-order valence-corrected chi connectivity index (χ3v) is 5.75. The molecule has 0 aliphatic carbocycles. The Bertz CT molecular complexity index is 982. The average Bonchev–Trinajstić information content (AvgIpc) is 2.81. The summed E-state index contributed by atoms with van der Waals surface area (Å²) in [6, 6.07) is 13.7. The summed E-state index contributed by atoms with van der Waals surface area (Å²) in [5.74, 6) is 0.915. The summed E-state index contributed by atoms with van der Waals surface area (Å²) >= 11 is 0. The fourth-order valence-corrected chi connectivity index (χ4v) is 3.99. The molecule has 0 N–H and O–H groups in total. The molecule has 3 heterocycles. The van der Waals surface area contributed by atoms with Crippen LogP contribution in [0.4, 0.5) is 15.4 Å². The molecule has 1 fully saturated rings. The summed E-state index contributed by atoms with van der Waals surface area (Å²) in [7, 11) is 0. The first kappa shape index (κ1) is 22.9. The van der Waals surface area contributed by atoms with Crippen molar-refractivity contribution in [3.8, 4) is 0 Å². The third-order valence-electron chi connectivity index (χ3n) is 5.75. The van der Waals surface area contributed by atoms with Crippen LogP contribution < -0.4 is 4.90 Å². The van der Waals surface area contributed by atoms with Crippen LogP contribution in [0.3, 0.4) is 0 Å². The lowest BCUT2D eigenvalue weighted by Crippen LogP contribution is -2.50. The van der Waals surface area contributed by atoms with Gasteiger partial charge >= 0.3 is 12.2 Å². The first-order valence-electron chi connectivity index (χ1n) is 11.5. The minimum Gasteiger partial charge on any atom is -0.445 e. The van der Waals surface area contributed by atoms with Crippen molar-refractivity contribution < 1.29 is 19.1 Å². The van der Waals surface area contributed by atoms with Crippen molar-refractivity contribution in [2.24, 2.45) is 0 Å². The second-order valence-electron chi connectivity index (χ2n) is 9.44. The van der Waals surface area contributed by atoms with Crippen LogP contribution in [0.1, 0.15) is 37.6 Å². The normalized spacial score (nSPS) is 16.3. The monoisotopic (exact) mass is 452 g/mol. The molecule has 2 aliphatic heterocycles. The van der Waals surface area contributed by atoms with E-state index in [1.54, 1.807) is 9.80 Å². The van der Waals surface area contributed by atoms with Gasteiger partial charge in [0.15, 0.2) is 0 Å². The predicted octanol–water partition coefficient (Wildman–Crippen LogP) is 3.83. The molecule has 0 atom stereocenters. The van der Waals surface area contributed by atoms with Gasteiger partial charge in [-0.05, 0) is 38.0 Å². The van der Waals surface area contributed by atoms with Gasteiger partial charge in [-0.15, -0.1) is 0 Å². The number of rotatable bonds is 3. The first-order valence-corrected chi connectivity index (χ1v) is 11.5. The van der Waals surface area contributed by atoms with Gasteiger partial charge in [0, 0.05) is 44.8 Å². The van der Waals surface area contributed by atoms with E-state index < -0.39 is 5.60 Å². The van der Waals surface area contributed by atoms with E-state index in [1.807, 2.05) is 57.2 Å². The highest BCUT2D eigenvalue weighted by molar-refractivity contribution is 5.69. The number of benzene rings is 1. The summed E-state index contributed by atoms with van der Waals surface area (Å²) in [6.45, 7) is 9.63. The zero-order valence-electron chi connectivity index (χ0n) is 19.6. The number of amides is 2. The maximum atomic E-state index is 12.5. The molecule has 0 bridgehead atoms. The number of hydrogen-bond donors (Lipinski definition) is 0. The summed E-state index contributed by atoms with van der Waals surface area (Å²) in [5.41, 5.74) is 2.56. The summed E-state index contributed by atoms with van der Waals surface area (Å²) in [6.07, 6.45) is 0.133. The van der Waals surface area contributed by atoms with Crippen LogP contribution in [0.5, 0.6) is 0 Å². The van der Waals surface area contributed by atoms with E-state index >= 15 is 0 Å². The number of anilines is 1. The second kappa shape index (κ2) is 9.68. The summed E-state index contributed by atoms with van der Waals surface area (Å²) in [4.78, 5) is 35.3. The Balaban J connectivity index is 1.30. The SMILES string of the molecule is CC(C)(C)OC(=O)N1CCN(c2ccc3c(n2)CCN(C(=O)OCc2ccccc2)C3)CC1. The second-order valence-corrected chi connectivity index (χ2v) is 9.44. The number of carbonyl (C=O) groups is 2. The van der Waals surface area contributed by atoms with Gasteiger partial charge in [0.25, 0.3) is 0 Å². The zero-order chi connectivity index (χ0) is 23.4. The van der Waals surface area contributed by atoms with Gasteiger partial charge in [-0.1, -0.05) is 36.4 Å². The molecule has 33 heavy (non-hydrogen) atoms. The number of pyridine rings is 1. The highest BCUT2D eigenvalue weighted by Gasteiger charge is 2.28. The highest BCUT2D eigenvalue weighted by atomic mass is 16.6. The molecule has 2 amide bonds. The van der Waals surface area contributed by atoms with E-state index in [0.717, 1.165) is 22.6 Å². The van der Waals surface area contributed by atoms with Crippen molar-refractivity contribution in [3.05, 3.63) is 59.3 Å². The van der Waals surface area contributed by atoms with E-state index in [-0.39, 0.29) is 18.8 Å². The number of ether oxygens (including phenoxy) is 2. The lowest BCUT2D eigenvalue weighted by atomic mass is 10.1. The van der Waals surface area contributed by atoms with Gasteiger partial charge in [0.2, 0.25) is 0 Å². The maximum absolute atomic E-state index is 12.5. The first-order chi connectivity index (χ1) is 15.8. The Kier molecular flexibility index (Phi) is 6.72. The van der Waals surface area contributed by atoms with Gasteiger partial charge in [-0.2, -0.15) is 0 Å². The fraction of sp³-hybridized carbons (Fsp3) is 0.480. The largest absolute Gasteiger partial charge is 0.445 e. The smallest absolute Gasteiger partial charge is 0.410 e. The quantitative estimate of drug-likeness (QED) is 0.705. The highest BCUT2D eigenvalue weighted by Crippen LogP contribution is 2.23. The van der Waals surface area contributed by atoms with E-state index in [1.165, 1.54) is 0 Å². The van der Waals surface area contributed by atoms with Crippen LogP contribution in [0, 0.1) is 0 Å². The van der Waals surface area contributed by atoms with Crippen molar-refractivity contribution in [1.29, 1.82) is 0 Å².